The summed E-state index contributed by atoms with van der Waals surface area (Å²) in [6.45, 7) is 7.53. The summed E-state index contributed by atoms with van der Waals surface area (Å²) in [6, 6.07) is 2.34. The van der Waals surface area contributed by atoms with Crippen LogP contribution in [0.25, 0.3) is 0 Å². The highest BCUT2D eigenvalue weighted by molar-refractivity contribution is 5.66. The molecule has 0 aromatic heterocycles. The zero-order chi connectivity index (χ0) is 19.6. The lowest BCUT2D eigenvalue weighted by Gasteiger charge is -2.29. The molecule has 25 heavy (non-hydrogen) atoms. The molecular weight excluding hydrogens is 335 g/mol. The van der Waals surface area contributed by atoms with Crippen molar-refractivity contribution in [2.24, 2.45) is 11.7 Å². The van der Waals surface area contributed by atoms with Gasteiger partial charge < -0.3 is 21.1 Å². The number of halogens is 3. The van der Waals surface area contributed by atoms with Gasteiger partial charge in [0.05, 0.1) is 5.56 Å². The van der Waals surface area contributed by atoms with Gasteiger partial charge in [0, 0.05) is 31.4 Å². The van der Waals surface area contributed by atoms with Crippen molar-refractivity contribution in [2.75, 3.05) is 24.2 Å². The van der Waals surface area contributed by atoms with Gasteiger partial charge in [0.1, 0.15) is 5.60 Å². The largest absolute Gasteiger partial charge is 0.443 e. The Morgan fingerprint density at radius 3 is 2.28 bits per heavy atom. The molecule has 0 radical (unpaired) electrons. The predicted octanol–water partition coefficient (Wildman–Crippen LogP) is 3.80. The van der Waals surface area contributed by atoms with Gasteiger partial charge in [-0.05, 0) is 37.5 Å². The lowest BCUT2D eigenvalue weighted by molar-refractivity contribution is -0.137. The standard InChI is InChI=1S/C17H26F3N3O2/c1-10(2)9-23(5)14-6-11(8-16(3,4)25-15(22)24)13(21)7-12(14)17(18,19)20/h6-7,10H,8-9,21H2,1-5H3,(H2,22,24). The van der Waals surface area contributed by atoms with Crippen LogP contribution in [0.15, 0.2) is 12.1 Å². The fraction of sp³-hybridized carbons (Fsp3) is 0.588. The molecule has 0 spiro atoms. The maximum absolute atomic E-state index is 13.4. The number of hydrogen-bond donors (Lipinski definition) is 2. The Morgan fingerprint density at radius 2 is 1.84 bits per heavy atom. The molecule has 0 aliphatic heterocycles. The van der Waals surface area contributed by atoms with E-state index in [1.807, 2.05) is 13.8 Å². The van der Waals surface area contributed by atoms with Crippen LogP contribution in [0.2, 0.25) is 0 Å². The molecule has 4 N–H and O–H groups in total. The van der Waals surface area contributed by atoms with Crippen LogP contribution in [0.1, 0.15) is 38.8 Å². The first kappa shape index (κ1) is 20.9. The summed E-state index contributed by atoms with van der Waals surface area (Å²) in [7, 11) is 1.61. The Hall–Kier alpha value is -2.12. The zero-order valence-corrected chi connectivity index (χ0v) is 15.2. The molecule has 8 heteroatoms. The van der Waals surface area contributed by atoms with Crippen LogP contribution in [-0.4, -0.2) is 25.3 Å². The van der Waals surface area contributed by atoms with E-state index in [1.165, 1.54) is 6.07 Å². The lowest BCUT2D eigenvalue weighted by atomic mass is 9.94. The van der Waals surface area contributed by atoms with Crippen LogP contribution in [0, 0.1) is 5.92 Å². The minimum Gasteiger partial charge on any atom is -0.443 e. The zero-order valence-electron chi connectivity index (χ0n) is 15.2. The van der Waals surface area contributed by atoms with E-state index in [-0.39, 0.29) is 23.7 Å². The summed E-state index contributed by atoms with van der Waals surface area (Å²) < 4.78 is 45.2. The summed E-state index contributed by atoms with van der Waals surface area (Å²) in [5.41, 5.74) is 9.59. The molecule has 0 bridgehead atoms. The van der Waals surface area contributed by atoms with Crippen molar-refractivity contribution in [2.45, 2.75) is 45.9 Å². The number of amides is 1. The molecule has 5 nitrogen and oxygen atoms in total. The van der Waals surface area contributed by atoms with Crippen LogP contribution in [0.4, 0.5) is 29.3 Å². The van der Waals surface area contributed by atoms with Crippen LogP contribution in [0.5, 0.6) is 0 Å². The van der Waals surface area contributed by atoms with Crippen molar-refractivity contribution in [3.8, 4) is 0 Å². The van der Waals surface area contributed by atoms with E-state index in [0.29, 0.717) is 12.1 Å². The van der Waals surface area contributed by atoms with Crippen LogP contribution < -0.4 is 16.4 Å². The molecule has 0 unspecified atom stereocenters. The Bertz CT molecular complexity index is 628. The van der Waals surface area contributed by atoms with E-state index in [4.69, 9.17) is 16.2 Å². The number of hydrogen-bond acceptors (Lipinski definition) is 4. The third-order valence-electron chi connectivity index (χ3n) is 3.61. The lowest BCUT2D eigenvalue weighted by Crippen LogP contribution is -2.33. The molecule has 0 aliphatic carbocycles. The van der Waals surface area contributed by atoms with Gasteiger partial charge in [0.15, 0.2) is 0 Å². The van der Waals surface area contributed by atoms with Crippen molar-refractivity contribution in [1.82, 2.24) is 0 Å². The Balaban J connectivity index is 3.35. The SMILES string of the molecule is CC(C)CN(C)c1cc(CC(C)(C)OC(N)=O)c(N)cc1C(F)(F)F. The number of carbonyl (C=O) groups is 1. The number of primary amides is 1. The van der Waals surface area contributed by atoms with Gasteiger partial charge in [-0.1, -0.05) is 13.8 Å². The first-order valence-electron chi connectivity index (χ1n) is 7.92. The average Bonchev–Trinajstić information content (AvgIpc) is 2.36. The number of benzene rings is 1. The van der Waals surface area contributed by atoms with Crippen LogP contribution >= 0.6 is 0 Å². The molecule has 0 heterocycles. The fourth-order valence-corrected chi connectivity index (χ4v) is 2.76. The molecule has 1 rings (SSSR count). The summed E-state index contributed by atoms with van der Waals surface area (Å²) >= 11 is 0. The van der Waals surface area contributed by atoms with Gasteiger partial charge in [-0.2, -0.15) is 13.2 Å². The monoisotopic (exact) mass is 361 g/mol. The topological polar surface area (TPSA) is 81.6 Å². The van der Waals surface area contributed by atoms with Gasteiger partial charge in [-0.25, -0.2) is 4.79 Å². The predicted molar refractivity (Wildman–Crippen MR) is 92.4 cm³/mol. The average molecular weight is 361 g/mol. The maximum Gasteiger partial charge on any atom is 0.418 e. The highest BCUT2D eigenvalue weighted by atomic mass is 19.4. The maximum atomic E-state index is 13.4. The van der Waals surface area contributed by atoms with Crippen molar-refractivity contribution in [1.29, 1.82) is 0 Å². The van der Waals surface area contributed by atoms with E-state index in [2.05, 4.69) is 0 Å². The highest BCUT2D eigenvalue weighted by Crippen LogP contribution is 2.40. The Kier molecular flexibility index (Phi) is 6.20. The third kappa shape index (κ3) is 6.03. The number of anilines is 2. The van der Waals surface area contributed by atoms with E-state index in [9.17, 15) is 18.0 Å². The number of nitrogens with zero attached hydrogens (tertiary/aromatic N) is 1. The first-order valence-corrected chi connectivity index (χ1v) is 7.92. The van der Waals surface area contributed by atoms with Crippen LogP contribution in [-0.2, 0) is 17.3 Å². The molecular formula is C17H26F3N3O2. The molecule has 0 saturated heterocycles. The minimum absolute atomic E-state index is 0.00447. The van der Waals surface area contributed by atoms with Gasteiger partial charge >= 0.3 is 12.3 Å². The number of rotatable bonds is 6. The molecule has 142 valence electrons. The third-order valence-corrected chi connectivity index (χ3v) is 3.61. The number of nitrogen functional groups attached to an aromatic ring is 1. The first-order chi connectivity index (χ1) is 11.2. The van der Waals surface area contributed by atoms with Gasteiger partial charge in [-0.15, -0.1) is 0 Å². The van der Waals surface area contributed by atoms with E-state index in [0.717, 1.165) is 6.07 Å². The molecule has 0 atom stereocenters. The highest BCUT2D eigenvalue weighted by Gasteiger charge is 2.36. The quantitative estimate of drug-likeness (QED) is 0.755. The van der Waals surface area contributed by atoms with Gasteiger partial charge in [-0.3, -0.25) is 0 Å². The van der Waals surface area contributed by atoms with Crippen molar-refractivity contribution >= 4 is 17.5 Å². The van der Waals surface area contributed by atoms with Crippen molar-refractivity contribution in [3.05, 3.63) is 23.3 Å². The van der Waals surface area contributed by atoms with E-state index < -0.39 is 23.4 Å². The number of ether oxygens (including phenoxy) is 1. The van der Waals surface area contributed by atoms with E-state index in [1.54, 1.807) is 25.8 Å². The molecule has 1 aromatic rings. The van der Waals surface area contributed by atoms with Crippen LogP contribution in [0.3, 0.4) is 0 Å². The normalized spacial score (nSPS) is 12.4. The second kappa shape index (κ2) is 7.41. The Morgan fingerprint density at radius 1 is 1.28 bits per heavy atom. The fourth-order valence-electron chi connectivity index (χ4n) is 2.76. The second-order valence-electron chi connectivity index (χ2n) is 7.20. The molecule has 0 fully saturated rings. The summed E-state index contributed by atoms with van der Waals surface area (Å²) in [4.78, 5) is 12.5. The molecule has 0 aliphatic rings. The Labute approximate surface area is 146 Å². The molecule has 1 amide bonds. The number of carbonyl (C=O) groups excluding carboxylic acids is 1. The minimum atomic E-state index is -4.52. The van der Waals surface area contributed by atoms with Crippen molar-refractivity contribution in [3.63, 3.8) is 0 Å². The number of nitrogens with two attached hydrogens (primary N) is 2. The summed E-state index contributed by atoms with van der Waals surface area (Å²) in [5.74, 6) is 0.182. The number of alkyl halides is 3. The molecule has 1 aromatic carbocycles. The summed E-state index contributed by atoms with van der Waals surface area (Å²) in [5, 5.41) is 0. The smallest absolute Gasteiger partial charge is 0.418 e. The van der Waals surface area contributed by atoms with Gasteiger partial charge in [0.2, 0.25) is 0 Å². The molecule has 0 saturated carbocycles. The summed E-state index contributed by atoms with van der Waals surface area (Å²) in [6.07, 6.45) is -5.33. The van der Waals surface area contributed by atoms with E-state index >= 15 is 0 Å². The van der Waals surface area contributed by atoms with Gasteiger partial charge in [0.25, 0.3) is 0 Å². The second-order valence-corrected chi connectivity index (χ2v) is 7.20. The van der Waals surface area contributed by atoms with Crippen molar-refractivity contribution < 1.29 is 22.7 Å².